The van der Waals surface area contributed by atoms with E-state index in [4.69, 9.17) is 16.9 Å². The molecule has 0 spiro atoms. The summed E-state index contributed by atoms with van der Waals surface area (Å²) in [6.45, 7) is 1.97. The molecule has 0 unspecified atom stereocenters. The van der Waals surface area contributed by atoms with Crippen LogP contribution in [0.5, 0.6) is 0 Å². The number of rotatable bonds is 5. The molecule has 8 nitrogen and oxygen atoms in total. The quantitative estimate of drug-likeness (QED) is 0.456. The first kappa shape index (κ1) is 23.1. The van der Waals surface area contributed by atoms with Gasteiger partial charge in [0.05, 0.1) is 34.8 Å². The maximum atomic E-state index is 12.6. The molecule has 0 radical (unpaired) electrons. The number of fused-ring (bicyclic) bond motifs is 1. The number of nitrogens with one attached hydrogen (secondary N) is 2. The van der Waals surface area contributed by atoms with Crippen LogP contribution in [0.15, 0.2) is 76.7 Å². The van der Waals surface area contributed by atoms with Gasteiger partial charge in [0, 0.05) is 23.1 Å². The normalized spacial score (nSPS) is 10.8. The van der Waals surface area contributed by atoms with Crippen LogP contribution in [0.1, 0.15) is 12.0 Å². The Balaban J connectivity index is 0.000000416. The Morgan fingerprint density at radius 2 is 1.91 bits per heavy atom. The van der Waals surface area contributed by atoms with Crippen molar-refractivity contribution in [2.45, 2.75) is 24.8 Å². The lowest BCUT2D eigenvalue weighted by molar-refractivity contribution is 0.600. The number of nitrogens with zero attached hydrogens (tertiary/aromatic N) is 3. The van der Waals surface area contributed by atoms with Gasteiger partial charge in [-0.1, -0.05) is 23.7 Å². The molecule has 0 bridgehead atoms. The lowest BCUT2D eigenvalue weighted by Crippen LogP contribution is -2.14. The highest BCUT2D eigenvalue weighted by Crippen LogP contribution is 2.25. The molecule has 2 aromatic heterocycles. The van der Waals surface area contributed by atoms with Crippen LogP contribution in [-0.4, -0.2) is 23.2 Å². The van der Waals surface area contributed by atoms with Crippen LogP contribution in [0.25, 0.3) is 10.9 Å². The number of pyridine rings is 1. The predicted molar refractivity (Wildman–Crippen MR) is 124 cm³/mol. The van der Waals surface area contributed by atoms with Gasteiger partial charge < -0.3 is 0 Å². The molecule has 0 amide bonds. The number of hydrogen-bond donors (Lipinski definition) is 2. The summed E-state index contributed by atoms with van der Waals surface area (Å²) in [5.41, 5.74) is 0.966. The van der Waals surface area contributed by atoms with Gasteiger partial charge in [0.25, 0.3) is 15.6 Å². The fourth-order valence-electron chi connectivity index (χ4n) is 3.00. The SMILES string of the molecule is Cc1c(Cl)cccc1S(=O)(=O)Nc1ccc2c(c1)c(=O)[nH]n2CCC#N.c1ccncc1. The van der Waals surface area contributed by atoms with Crippen LogP contribution in [-0.2, 0) is 16.6 Å². The van der Waals surface area contributed by atoms with E-state index in [0.717, 1.165) is 0 Å². The third kappa shape index (κ3) is 5.35. The Labute approximate surface area is 190 Å². The number of benzene rings is 2. The van der Waals surface area contributed by atoms with Crippen molar-refractivity contribution in [2.75, 3.05) is 4.72 Å². The molecular formula is C22H20ClN5O3S. The highest BCUT2D eigenvalue weighted by molar-refractivity contribution is 7.92. The van der Waals surface area contributed by atoms with Crippen molar-refractivity contribution in [3.63, 3.8) is 0 Å². The van der Waals surface area contributed by atoms with E-state index >= 15 is 0 Å². The number of H-pyrrole nitrogens is 1. The van der Waals surface area contributed by atoms with E-state index in [0.29, 0.717) is 28.0 Å². The number of sulfonamides is 1. The molecule has 0 atom stereocenters. The minimum atomic E-state index is -3.85. The van der Waals surface area contributed by atoms with Gasteiger partial charge in [-0.05, 0) is 55.0 Å². The van der Waals surface area contributed by atoms with Crippen LogP contribution in [0.3, 0.4) is 0 Å². The number of hydrogen-bond acceptors (Lipinski definition) is 5. The van der Waals surface area contributed by atoms with E-state index in [1.807, 2.05) is 24.3 Å². The molecule has 2 heterocycles. The third-order valence-electron chi connectivity index (χ3n) is 4.54. The minimum absolute atomic E-state index is 0.0746. The van der Waals surface area contributed by atoms with Crippen molar-refractivity contribution in [3.8, 4) is 6.07 Å². The average molecular weight is 470 g/mol. The first-order valence-corrected chi connectivity index (χ1v) is 11.4. The molecule has 2 aromatic carbocycles. The first-order valence-electron chi connectivity index (χ1n) is 9.56. The molecule has 0 saturated heterocycles. The number of aromatic amines is 1. The van der Waals surface area contributed by atoms with Crippen LogP contribution < -0.4 is 10.3 Å². The monoisotopic (exact) mass is 469 g/mol. The average Bonchev–Trinajstić information content (AvgIpc) is 3.10. The van der Waals surface area contributed by atoms with Gasteiger partial charge >= 0.3 is 0 Å². The molecule has 32 heavy (non-hydrogen) atoms. The molecule has 0 fully saturated rings. The van der Waals surface area contributed by atoms with Crippen LogP contribution in [0.2, 0.25) is 5.02 Å². The van der Waals surface area contributed by atoms with Gasteiger partial charge in [-0.3, -0.25) is 24.3 Å². The fourth-order valence-corrected chi connectivity index (χ4v) is 4.55. The fraction of sp³-hybridized carbons (Fsp3) is 0.136. The standard InChI is InChI=1S/C17H15ClN4O3S.C5H5N/c1-11-14(18)4-2-5-16(11)26(24,25)21-12-6-7-15-13(10-12)17(23)20-22(15)9-3-8-19;1-2-4-6-5-3-1/h2,4-7,10,21H,3,9H2,1H3,(H,20,23);1-5H. The molecule has 0 aliphatic heterocycles. The van der Waals surface area contributed by atoms with Gasteiger partial charge in [-0.2, -0.15) is 5.26 Å². The van der Waals surface area contributed by atoms with Gasteiger partial charge in [-0.15, -0.1) is 0 Å². The molecule has 4 aromatic rings. The zero-order chi connectivity index (χ0) is 23.1. The van der Waals surface area contributed by atoms with Crippen molar-refractivity contribution in [1.29, 1.82) is 5.26 Å². The number of halogens is 1. The summed E-state index contributed by atoms with van der Waals surface area (Å²) in [6, 6.07) is 17.0. The number of anilines is 1. The van der Waals surface area contributed by atoms with E-state index in [2.05, 4.69) is 14.8 Å². The summed E-state index contributed by atoms with van der Waals surface area (Å²) in [4.78, 5) is 16.0. The van der Waals surface area contributed by atoms with Crippen LogP contribution in [0, 0.1) is 18.3 Å². The summed E-state index contributed by atoms with van der Waals surface area (Å²) in [5.74, 6) is 0. The molecule has 0 aliphatic carbocycles. The summed E-state index contributed by atoms with van der Waals surface area (Å²) in [6.07, 6.45) is 3.75. The van der Waals surface area contributed by atoms with Crippen molar-refractivity contribution < 1.29 is 8.42 Å². The largest absolute Gasteiger partial charge is 0.283 e. The Bertz CT molecular complexity index is 1400. The smallest absolute Gasteiger partial charge is 0.272 e. The summed E-state index contributed by atoms with van der Waals surface area (Å²) >= 11 is 6.00. The number of nitriles is 1. The maximum absolute atomic E-state index is 12.6. The topological polar surface area (TPSA) is 121 Å². The predicted octanol–water partition coefficient (Wildman–Crippen LogP) is 4.09. The van der Waals surface area contributed by atoms with Crippen molar-refractivity contribution >= 4 is 38.2 Å². The Kier molecular flexibility index (Phi) is 7.30. The molecule has 0 aliphatic rings. The Morgan fingerprint density at radius 1 is 1.16 bits per heavy atom. The van der Waals surface area contributed by atoms with Crippen LogP contribution >= 0.6 is 11.6 Å². The summed E-state index contributed by atoms with van der Waals surface area (Å²) in [7, 11) is -3.85. The Morgan fingerprint density at radius 3 is 2.53 bits per heavy atom. The van der Waals surface area contributed by atoms with Gasteiger partial charge in [-0.25, -0.2) is 8.42 Å². The first-order chi connectivity index (χ1) is 15.3. The van der Waals surface area contributed by atoms with Crippen LogP contribution in [0.4, 0.5) is 5.69 Å². The molecule has 10 heteroatoms. The van der Waals surface area contributed by atoms with Gasteiger partial charge in [0.2, 0.25) is 0 Å². The highest BCUT2D eigenvalue weighted by Gasteiger charge is 2.19. The zero-order valence-corrected chi connectivity index (χ0v) is 18.7. The van der Waals surface area contributed by atoms with E-state index in [-0.39, 0.29) is 22.6 Å². The van der Waals surface area contributed by atoms with Crippen molar-refractivity contribution in [2.24, 2.45) is 0 Å². The maximum Gasteiger partial charge on any atom is 0.272 e. The lowest BCUT2D eigenvalue weighted by atomic mass is 10.2. The second-order valence-electron chi connectivity index (χ2n) is 6.73. The number of aromatic nitrogens is 3. The molecular weight excluding hydrogens is 450 g/mol. The molecule has 0 saturated carbocycles. The molecule has 4 rings (SSSR count). The zero-order valence-electron chi connectivity index (χ0n) is 17.1. The van der Waals surface area contributed by atoms with E-state index < -0.39 is 10.0 Å². The summed E-state index contributed by atoms with van der Waals surface area (Å²) < 4.78 is 29.3. The second-order valence-corrected chi connectivity index (χ2v) is 8.78. The number of aryl methyl sites for hydroxylation is 1. The van der Waals surface area contributed by atoms with E-state index in [1.54, 1.807) is 48.3 Å². The lowest BCUT2D eigenvalue weighted by Gasteiger charge is -2.11. The second kappa shape index (κ2) is 10.1. The Hall–Kier alpha value is -3.61. The van der Waals surface area contributed by atoms with E-state index in [9.17, 15) is 13.2 Å². The minimum Gasteiger partial charge on any atom is -0.283 e. The van der Waals surface area contributed by atoms with Crippen molar-refractivity contribution in [1.82, 2.24) is 14.8 Å². The van der Waals surface area contributed by atoms with Gasteiger partial charge in [0.1, 0.15) is 0 Å². The molecule has 164 valence electrons. The van der Waals surface area contributed by atoms with Gasteiger partial charge in [0.15, 0.2) is 0 Å². The van der Waals surface area contributed by atoms with Crippen molar-refractivity contribution in [3.05, 3.63) is 87.9 Å². The highest BCUT2D eigenvalue weighted by atomic mass is 35.5. The van der Waals surface area contributed by atoms with E-state index in [1.165, 1.54) is 12.1 Å². The summed E-state index contributed by atoms with van der Waals surface area (Å²) in [5, 5.41) is 12.0. The molecule has 2 N–H and O–H groups in total. The third-order valence-corrected chi connectivity index (χ3v) is 6.48.